The number of esters is 2. The molecule has 0 radical (unpaired) electrons. The normalized spacial score (nSPS) is 10.4. The summed E-state index contributed by atoms with van der Waals surface area (Å²) in [5, 5.41) is 2.47. The molecule has 27 heavy (non-hydrogen) atoms. The minimum atomic E-state index is -0.463. The zero-order chi connectivity index (χ0) is 19.2. The fourth-order valence-electron chi connectivity index (χ4n) is 2.30. The van der Waals surface area contributed by atoms with Crippen molar-refractivity contribution in [2.75, 3.05) is 6.61 Å². The molecule has 0 fully saturated rings. The van der Waals surface area contributed by atoms with Gasteiger partial charge in [0.1, 0.15) is 16.6 Å². The first kappa shape index (κ1) is 18.7. The monoisotopic (exact) mass is 385 g/mol. The van der Waals surface area contributed by atoms with Gasteiger partial charge in [-0.15, -0.1) is 11.3 Å². The summed E-state index contributed by atoms with van der Waals surface area (Å²) in [4.78, 5) is 28.1. The zero-order valence-corrected chi connectivity index (χ0v) is 15.3. The number of nitrogens with zero attached hydrogens (tertiary/aromatic N) is 1. The highest BCUT2D eigenvalue weighted by Crippen LogP contribution is 2.24. The van der Waals surface area contributed by atoms with Gasteiger partial charge in [0.2, 0.25) is 0 Å². The van der Waals surface area contributed by atoms with Crippen molar-refractivity contribution in [3.63, 3.8) is 0 Å². The number of carbonyl (C=O) groups excluding carboxylic acids is 2. The highest BCUT2D eigenvalue weighted by atomic mass is 32.1. The maximum absolute atomic E-state index is 13.0. The number of aromatic nitrogens is 1. The van der Waals surface area contributed by atoms with Gasteiger partial charge in [0, 0.05) is 10.9 Å². The number of thiazole rings is 1. The van der Waals surface area contributed by atoms with Gasteiger partial charge in [-0.05, 0) is 55.5 Å². The van der Waals surface area contributed by atoms with E-state index in [0.717, 1.165) is 5.56 Å². The maximum Gasteiger partial charge on any atom is 0.338 e. The summed E-state index contributed by atoms with van der Waals surface area (Å²) in [6.07, 6.45) is 0.0112. The van der Waals surface area contributed by atoms with Gasteiger partial charge < -0.3 is 9.47 Å². The second kappa shape index (κ2) is 8.55. The van der Waals surface area contributed by atoms with Crippen LogP contribution in [0.1, 0.15) is 23.0 Å². The van der Waals surface area contributed by atoms with Crippen LogP contribution in [0.2, 0.25) is 0 Å². The molecule has 0 bridgehead atoms. The molecule has 0 saturated carbocycles. The Balaban J connectivity index is 1.59. The van der Waals surface area contributed by atoms with Gasteiger partial charge in [-0.1, -0.05) is 0 Å². The van der Waals surface area contributed by atoms with E-state index in [0.29, 0.717) is 28.6 Å². The fourth-order valence-corrected chi connectivity index (χ4v) is 3.13. The molecule has 0 saturated heterocycles. The van der Waals surface area contributed by atoms with Crippen LogP contribution in [0, 0.1) is 5.82 Å². The van der Waals surface area contributed by atoms with E-state index >= 15 is 0 Å². The van der Waals surface area contributed by atoms with E-state index in [1.807, 2.05) is 0 Å². The van der Waals surface area contributed by atoms with Crippen molar-refractivity contribution in [1.29, 1.82) is 0 Å². The van der Waals surface area contributed by atoms with Crippen LogP contribution in [-0.2, 0) is 16.0 Å². The predicted molar refractivity (Wildman–Crippen MR) is 99.2 cm³/mol. The minimum Gasteiger partial charge on any atom is -0.462 e. The quantitative estimate of drug-likeness (QED) is 0.468. The number of halogens is 1. The number of ether oxygens (including phenoxy) is 2. The Morgan fingerprint density at radius 2 is 1.78 bits per heavy atom. The van der Waals surface area contributed by atoms with Crippen molar-refractivity contribution in [1.82, 2.24) is 4.98 Å². The van der Waals surface area contributed by atoms with E-state index < -0.39 is 11.9 Å². The lowest BCUT2D eigenvalue weighted by molar-refractivity contribution is -0.133. The van der Waals surface area contributed by atoms with Crippen LogP contribution in [0.25, 0.3) is 10.6 Å². The number of hydrogen-bond donors (Lipinski definition) is 0. The molecule has 0 atom stereocenters. The van der Waals surface area contributed by atoms with Crippen LogP contribution in [0.5, 0.6) is 5.75 Å². The van der Waals surface area contributed by atoms with E-state index in [4.69, 9.17) is 9.47 Å². The molecule has 0 aliphatic rings. The first-order valence-corrected chi connectivity index (χ1v) is 9.11. The average molecular weight is 385 g/mol. The van der Waals surface area contributed by atoms with Crippen molar-refractivity contribution in [2.24, 2.45) is 0 Å². The molecule has 0 aliphatic heterocycles. The van der Waals surface area contributed by atoms with Crippen molar-refractivity contribution < 1.29 is 23.5 Å². The molecule has 3 aromatic rings. The highest BCUT2D eigenvalue weighted by molar-refractivity contribution is 7.13. The summed E-state index contributed by atoms with van der Waals surface area (Å²) in [5.41, 5.74) is 1.75. The summed E-state index contributed by atoms with van der Waals surface area (Å²) >= 11 is 1.37. The van der Waals surface area contributed by atoms with Crippen LogP contribution in [-0.4, -0.2) is 23.5 Å². The Morgan fingerprint density at radius 3 is 2.44 bits per heavy atom. The third kappa shape index (κ3) is 4.98. The Hall–Kier alpha value is -3.06. The molecule has 1 aromatic heterocycles. The van der Waals surface area contributed by atoms with Crippen molar-refractivity contribution >= 4 is 23.3 Å². The Labute approximate surface area is 159 Å². The summed E-state index contributed by atoms with van der Waals surface area (Å²) in [6.45, 7) is 2.02. The van der Waals surface area contributed by atoms with E-state index in [2.05, 4.69) is 4.98 Å². The lowest BCUT2D eigenvalue weighted by atomic mass is 10.2. The van der Waals surface area contributed by atoms with E-state index in [-0.39, 0.29) is 12.2 Å². The molecule has 3 rings (SSSR count). The molecular formula is C20H16FNO4S. The molecule has 0 N–H and O–H groups in total. The lowest BCUT2D eigenvalue weighted by Crippen LogP contribution is -2.11. The van der Waals surface area contributed by atoms with Crippen LogP contribution >= 0.6 is 11.3 Å². The van der Waals surface area contributed by atoms with Gasteiger partial charge in [-0.2, -0.15) is 0 Å². The summed E-state index contributed by atoms with van der Waals surface area (Å²) in [6, 6.07) is 12.2. The first-order chi connectivity index (χ1) is 13.0. The molecule has 2 aromatic carbocycles. The molecule has 138 valence electrons. The van der Waals surface area contributed by atoms with E-state index in [1.165, 1.54) is 47.7 Å². The first-order valence-electron chi connectivity index (χ1n) is 8.23. The molecule has 1 heterocycles. The van der Waals surface area contributed by atoms with Gasteiger partial charge in [-0.25, -0.2) is 14.2 Å². The van der Waals surface area contributed by atoms with Crippen molar-refractivity contribution in [3.8, 4) is 16.3 Å². The molecule has 0 amide bonds. The van der Waals surface area contributed by atoms with E-state index in [9.17, 15) is 14.0 Å². The van der Waals surface area contributed by atoms with Gasteiger partial charge in [0.25, 0.3) is 0 Å². The summed E-state index contributed by atoms with van der Waals surface area (Å²) in [5.74, 6) is -0.865. The maximum atomic E-state index is 13.0. The Kier molecular flexibility index (Phi) is 5.93. The number of hydrogen-bond acceptors (Lipinski definition) is 6. The van der Waals surface area contributed by atoms with Gasteiger partial charge in [0.05, 0.1) is 24.3 Å². The summed E-state index contributed by atoms with van der Waals surface area (Å²) in [7, 11) is 0. The number of carbonyl (C=O) groups is 2. The molecule has 0 spiro atoms. The lowest BCUT2D eigenvalue weighted by Gasteiger charge is -2.05. The predicted octanol–water partition coefficient (Wildman–Crippen LogP) is 4.27. The SMILES string of the molecule is CCOC(=O)c1ccc(OC(=O)Cc2csc(-c3ccc(F)cc3)n2)cc1. The number of rotatable bonds is 6. The third-order valence-electron chi connectivity index (χ3n) is 3.57. The van der Waals surface area contributed by atoms with Crippen LogP contribution in [0.15, 0.2) is 53.9 Å². The molecule has 7 heteroatoms. The zero-order valence-electron chi connectivity index (χ0n) is 14.5. The summed E-state index contributed by atoms with van der Waals surface area (Å²) < 4.78 is 23.2. The average Bonchev–Trinajstić information content (AvgIpc) is 3.11. The van der Waals surface area contributed by atoms with E-state index in [1.54, 1.807) is 24.4 Å². The van der Waals surface area contributed by atoms with Gasteiger partial charge in [-0.3, -0.25) is 4.79 Å². The van der Waals surface area contributed by atoms with Crippen molar-refractivity contribution in [3.05, 3.63) is 71.0 Å². The number of benzene rings is 2. The fraction of sp³-hybridized carbons (Fsp3) is 0.150. The van der Waals surface area contributed by atoms with Gasteiger partial charge >= 0.3 is 11.9 Å². The molecule has 0 aliphatic carbocycles. The Bertz CT molecular complexity index is 935. The highest BCUT2D eigenvalue weighted by Gasteiger charge is 2.12. The van der Waals surface area contributed by atoms with Crippen molar-refractivity contribution in [2.45, 2.75) is 13.3 Å². The molecule has 5 nitrogen and oxygen atoms in total. The van der Waals surface area contributed by atoms with Gasteiger partial charge in [0.15, 0.2) is 0 Å². The van der Waals surface area contributed by atoms with Crippen LogP contribution in [0.4, 0.5) is 4.39 Å². The topological polar surface area (TPSA) is 65.5 Å². The molecular weight excluding hydrogens is 369 g/mol. The minimum absolute atomic E-state index is 0.0112. The third-order valence-corrected chi connectivity index (χ3v) is 4.51. The second-order valence-electron chi connectivity index (χ2n) is 5.55. The largest absolute Gasteiger partial charge is 0.462 e. The second-order valence-corrected chi connectivity index (χ2v) is 6.40. The standard InChI is InChI=1S/C20H16FNO4S/c1-2-25-20(24)14-5-9-17(10-6-14)26-18(23)11-16-12-27-19(22-16)13-3-7-15(21)8-4-13/h3-10,12H,2,11H2,1H3. The molecule has 0 unspecified atom stereocenters. The smallest absolute Gasteiger partial charge is 0.338 e. The van der Waals surface area contributed by atoms with Crippen LogP contribution < -0.4 is 4.74 Å². The Morgan fingerprint density at radius 1 is 1.07 bits per heavy atom. The van der Waals surface area contributed by atoms with Crippen LogP contribution in [0.3, 0.4) is 0 Å².